The van der Waals surface area contributed by atoms with Crippen LogP contribution in [0.1, 0.15) is 34.9 Å². The fraction of sp³-hybridized carbons (Fsp3) is 0.300. The van der Waals surface area contributed by atoms with Crippen molar-refractivity contribution in [1.29, 1.82) is 0 Å². The number of carbonyl (C=O) groups is 1. The van der Waals surface area contributed by atoms with Crippen molar-refractivity contribution >= 4 is 28.5 Å². The van der Waals surface area contributed by atoms with E-state index >= 15 is 0 Å². The molecule has 4 nitrogen and oxygen atoms in total. The third kappa shape index (κ3) is 2.91. The van der Waals surface area contributed by atoms with E-state index in [2.05, 4.69) is 17.7 Å². The van der Waals surface area contributed by atoms with Crippen LogP contribution in [0.25, 0.3) is 11.0 Å². The van der Waals surface area contributed by atoms with E-state index in [1.807, 2.05) is 35.2 Å². The number of hydrogen-bond donors (Lipinski definition) is 0. The number of fused-ring (bicyclic) bond motifs is 1. The summed E-state index contributed by atoms with van der Waals surface area (Å²) in [6, 6.07) is 15.4. The van der Waals surface area contributed by atoms with Crippen LogP contribution in [0.5, 0.6) is 0 Å². The number of halogens is 1. The Kier molecular flexibility index (Phi) is 4.22. The molecule has 128 valence electrons. The highest BCUT2D eigenvalue weighted by atomic mass is 35.5. The van der Waals surface area contributed by atoms with Crippen molar-refractivity contribution in [3.63, 3.8) is 0 Å². The number of piperidine rings is 1. The molecule has 1 aromatic heterocycles. The minimum atomic E-state index is 0.00839. The summed E-state index contributed by atoms with van der Waals surface area (Å²) in [6.07, 6.45) is 2.02. The highest BCUT2D eigenvalue weighted by Gasteiger charge is 2.29. The summed E-state index contributed by atoms with van der Waals surface area (Å²) < 4.78 is 2.16. The first kappa shape index (κ1) is 16.2. The lowest BCUT2D eigenvalue weighted by Crippen LogP contribution is -2.39. The van der Waals surface area contributed by atoms with Crippen molar-refractivity contribution in [2.45, 2.75) is 18.8 Å². The summed E-state index contributed by atoms with van der Waals surface area (Å²) in [6.45, 7) is 1.45. The third-order valence-corrected chi connectivity index (χ3v) is 5.33. The molecule has 0 radical (unpaired) electrons. The first-order chi connectivity index (χ1) is 12.1. The maximum atomic E-state index is 12.9. The Morgan fingerprint density at radius 1 is 1.16 bits per heavy atom. The minimum absolute atomic E-state index is 0.00839. The number of rotatable bonds is 2. The molecular formula is C20H20ClN3O. The van der Waals surface area contributed by atoms with E-state index in [-0.39, 0.29) is 11.8 Å². The SMILES string of the molecule is Cn1c(C2CCCN(C(=O)c3ccccc3Cl)C2)nc2ccccc21. The lowest BCUT2D eigenvalue weighted by atomic mass is 9.96. The van der Waals surface area contributed by atoms with Gasteiger partial charge in [-0.25, -0.2) is 4.98 Å². The number of likely N-dealkylation sites (tertiary alicyclic amines) is 1. The number of carbonyl (C=O) groups excluding carboxylic acids is 1. The van der Waals surface area contributed by atoms with Crippen molar-refractivity contribution in [1.82, 2.24) is 14.5 Å². The van der Waals surface area contributed by atoms with Crippen LogP contribution >= 0.6 is 11.6 Å². The summed E-state index contributed by atoms with van der Waals surface area (Å²) in [5.41, 5.74) is 2.72. The summed E-state index contributed by atoms with van der Waals surface area (Å²) in [7, 11) is 2.06. The van der Waals surface area contributed by atoms with Crippen molar-refractivity contribution < 1.29 is 4.79 Å². The van der Waals surface area contributed by atoms with E-state index in [0.29, 0.717) is 17.1 Å². The maximum Gasteiger partial charge on any atom is 0.255 e. The first-order valence-corrected chi connectivity index (χ1v) is 8.98. The molecule has 25 heavy (non-hydrogen) atoms. The molecule has 0 saturated carbocycles. The van der Waals surface area contributed by atoms with Crippen LogP contribution in [0.2, 0.25) is 5.02 Å². The van der Waals surface area contributed by atoms with Gasteiger partial charge in [-0.15, -0.1) is 0 Å². The molecule has 1 unspecified atom stereocenters. The highest BCUT2D eigenvalue weighted by Crippen LogP contribution is 2.30. The Bertz CT molecular complexity index is 934. The summed E-state index contributed by atoms with van der Waals surface area (Å²) >= 11 is 6.21. The molecule has 1 fully saturated rings. The second kappa shape index (κ2) is 6.52. The third-order valence-electron chi connectivity index (χ3n) is 5.00. The number of benzene rings is 2. The van der Waals surface area contributed by atoms with Gasteiger partial charge in [0.2, 0.25) is 0 Å². The number of aryl methyl sites for hydroxylation is 1. The van der Waals surface area contributed by atoms with Crippen LogP contribution in [0.4, 0.5) is 0 Å². The molecule has 2 aromatic carbocycles. The average Bonchev–Trinajstić information content (AvgIpc) is 2.99. The first-order valence-electron chi connectivity index (χ1n) is 8.60. The molecule has 1 aliphatic heterocycles. The highest BCUT2D eigenvalue weighted by molar-refractivity contribution is 6.33. The van der Waals surface area contributed by atoms with E-state index in [9.17, 15) is 4.79 Å². The second-order valence-corrected chi connectivity index (χ2v) is 7.00. The molecule has 1 saturated heterocycles. The van der Waals surface area contributed by atoms with Crippen molar-refractivity contribution in [3.8, 4) is 0 Å². The molecule has 4 rings (SSSR count). The zero-order valence-electron chi connectivity index (χ0n) is 14.2. The molecule has 1 atom stereocenters. The largest absolute Gasteiger partial charge is 0.338 e. The molecular weight excluding hydrogens is 334 g/mol. The molecule has 1 amide bonds. The quantitative estimate of drug-likeness (QED) is 0.691. The van der Waals surface area contributed by atoms with Gasteiger partial charge in [-0.2, -0.15) is 0 Å². The van der Waals surface area contributed by atoms with E-state index in [1.165, 1.54) is 0 Å². The van der Waals surface area contributed by atoms with Crippen LogP contribution in [0.15, 0.2) is 48.5 Å². The Morgan fingerprint density at radius 2 is 1.92 bits per heavy atom. The van der Waals surface area contributed by atoms with Gasteiger partial charge < -0.3 is 9.47 Å². The Balaban J connectivity index is 1.61. The van der Waals surface area contributed by atoms with E-state index in [1.54, 1.807) is 12.1 Å². The zero-order chi connectivity index (χ0) is 17.4. The smallest absolute Gasteiger partial charge is 0.255 e. The zero-order valence-corrected chi connectivity index (χ0v) is 14.9. The average molecular weight is 354 g/mol. The predicted octanol–water partition coefficient (Wildman–Crippen LogP) is 4.25. The molecule has 0 spiro atoms. The van der Waals surface area contributed by atoms with Gasteiger partial charge in [0.25, 0.3) is 5.91 Å². The number of aromatic nitrogens is 2. The summed E-state index contributed by atoms with van der Waals surface area (Å²) in [4.78, 5) is 19.6. The van der Waals surface area contributed by atoms with Gasteiger partial charge in [-0.3, -0.25) is 4.79 Å². The molecule has 5 heteroatoms. The standard InChI is InChI=1S/C20H20ClN3O/c1-23-18-11-5-4-10-17(18)22-19(23)14-7-6-12-24(13-14)20(25)15-8-2-3-9-16(15)21/h2-5,8-11,14H,6-7,12-13H2,1H3. The van der Waals surface area contributed by atoms with Crippen LogP contribution in [0.3, 0.4) is 0 Å². The van der Waals surface area contributed by atoms with Crippen LogP contribution < -0.4 is 0 Å². The van der Waals surface area contributed by atoms with Crippen molar-refractivity contribution in [2.24, 2.45) is 7.05 Å². The number of nitrogens with zero attached hydrogens (tertiary/aromatic N) is 3. The maximum absolute atomic E-state index is 12.9. The fourth-order valence-corrected chi connectivity index (χ4v) is 3.92. The van der Waals surface area contributed by atoms with Crippen LogP contribution in [0, 0.1) is 0 Å². The number of para-hydroxylation sites is 2. The molecule has 1 aliphatic rings. The van der Waals surface area contributed by atoms with Crippen molar-refractivity contribution in [2.75, 3.05) is 13.1 Å². The Hall–Kier alpha value is -2.33. The lowest BCUT2D eigenvalue weighted by molar-refractivity contribution is 0.0704. The number of hydrogen-bond acceptors (Lipinski definition) is 2. The van der Waals surface area contributed by atoms with E-state index in [0.717, 1.165) is 36.2 Å². The molecule has 3 aromatic rings. The molecule has 0 bridgehead atoms. The number of imidazole rings is 1. The van der Waals surface area contributed by atoms with Gasteiger partial charge in [-0.05, 0) is 37.1 Å². The normalized spacial score (nSPS) is 17.8. The Morgan fingerprint density at radius 3 is 2.72 bits per heavy atom. The lowest BCUT2D eigenvalue weighted by Gasteiger charge is -2.32. The summed E-state index contributed by atoms with van der Waals surface area (Å²) in [5, 5.41) is 0.511. The monoisotopic (exact) mass is 353 g/mol. The van der Waals surface area contributed by atoms with Gasteiger partial charge >= 0.3 is 0 Å². The van der Waals surface area contributed by atoms with Gasteiger partial charge in [0, 0.05) is 26.1 Å². The van der Waals surface area contributed by atoms with Crippen LogP contribution in [-0.4, -0.2) is 33.4 Å². The topological polar surface area (TPSA) is 38.1 Å². The van der Waals surface area contributed by atoms with Gasteiger partial charge in [0.05, 0.1) is 21.6 Å². The van der Waals surface area contributed by atoms with E-state index in [4.69, 9.17) is 16.6 Å². The second-order valence-electron chi connectivity index (χ2n) is 6.59. The van der Waals surface area contributed by atoms with Gasteiger partial charge in [0.15, 0.2) is 0 Å². The number of amides is 1. The molecule has 0 N–H and O–H groups in total. The van der Waals surface area contributed by atoms with E-state index < -0.39 is 0 Å². The minimum Gasteiger partial charge on any atom is -0.338 e. The van der Waals surface area contributed by atoms with Crippen molar-refractivity contribution in [3.05, 3.63) is 64.9 Å². The Labute approximate surface area is 152 Å². The predicted molar refractivity (Wildman–Crippen MR) is 100 cm³/mol. The van der Waals surface area contributed by atoms with Crippen LogP contribution in [-0.2, 0) is 7.05 Å². The van der Waals surface area contributed by atoms with Gasteiger partial charge in [0.1, 0.15) is 5.82 Å². The summed E-state index contributed by atoms with van der Waals surface area (Å²) in [5.74, 6) is 1.31. The molecule has 2 heterocycles. The molecule has 0 aliphatic carbocycles. The fourth-order valence-electron chi connectivity index (χ4n) is 3.71. The van der Waals surface area contributed by atoms with Gasteiger partial charge in [-0.1, -0.05) is 35.9 Å².